The number of fused-ring (bicyclic) bond motifs is 1. The SMILES string of the molecule is CCCCOc1ccccc1-c1cc(O)c2ncncc2c1. The van der Waals surface area contributed by atoms with Gasteiger partial charge < -0.3 is 9.84 Å². The second-order valence-electron chi connectivity index (χ2n) is 5.15. The maximum atomic E-state index is 10.2. The molecule has 1 heterocycles. The number of hydrogen-bond acceptors (Lipinski definition) is 4. The van der Waals surface area contributed by atoms with Crippen molar-refractivity contribution in [1.29, 1.82) is 0 Å². The second-order valence-corrected chi connectivity index (χ2v) is 5.15. The summed E-state index contributed by atoms with van der Waals surface area (Å²) >= 11 is 0. The average molecular weight is 294 g/mol. The number of benzene rings is 2. The smallest absolute Gasteiger partial charge is 0.142 e. The van der Waals surface area contributed by atoms with Crippen LogP contribution in [0.2, 0.25) is 0 Å². The Morgan fingerprint density at radius 1 is 1.18 bits per heavy atom. The van der Waals surface area contributed by atoms with Gasteiger partial charge in [0.05, 0.1) is 6.61 Å². The third-order valence-corrected chi connectivity index (χ3v) is 3.54. The van der Waals surface area contributed by atoms with Gasteiger partial charge in [-0.15, -0.1) is 0 Å². The predicted molar refractivity (Wildman–Crippen MR) is 87.0 cm³/mol. The monoisotopic (exact) mass is 294 g/mol. The molecule has 0 saturated heterocycles. The van der Waals surface area contributed by atoms with Gasteiger partial charge >= 0.3 is 0 Å². The molecule has 1 N–H and O–H groups in total. The highest BCUT2D eigenvalue weighted by Gasteiger charge is 2.10. The number of phenolic OH excluding ortho intramolecular Hbond substituents is 1. The van der Waals surface area contributed by atoms with Crippen molar-refractivity contribution in [3.05, 3.63) is 48.9 Å². The molecule has 0 saturated carbocycles. The molecule has 0 bridgehead atoms. The molecular weight excluding hydrogens is 276 g/mol. The number of rotatable bonds is 5. The minimum Gasteiger partial charge on any atom is -0.506 e. The van der Waals surface area contributed by atoms with E-state index in [1.807, 2.05) is 30.3 Å². The summed E-state index contributed by atoms with van der Waals surface area (Å²) in [6.45, 7) is 2.83. The number of aromatic hydroxyl groups is 1. The van der Waals surface area contributed by atoms with Crippen LogP contribution in [0, 0.1) is 0 Å². The van der Waals surface area contributed by atoms with Crippen LogP contribution in [-0.2, 0) is 0 Å². The third kappa shape index (κ3) is 2.86. The van der Waals surface area contributed by atoms with E-state index >= 15 is 0 Å². The lowest BCUT2D eigenvalue weighted by Gasteiger charge is -2.12. The van der Waals surface area contributed by atoms with Crippen LogP contribution in [0.15, 0.2) is 48.9 Å². The van der Waals surface area contributed by atoms with Crippen LogP contribution in [0.25, 0.3) is 22.0 Å². The van der Waals surface area contributed by atoms with Crippen LogP contribution >= 0.6 is 0 Å². The van der Waals surface area contributed by atoms with Crippen molar-refractivity contribution in [2.24, 2.45) is 0 Å². The van der Waals surface area contributed by atoms with Crippen molar-refractivity contribution in [2.75, 3.05) is 6.61 Å². The summed E-state index contributed by atoms with van der Waals surface area (Å²) < 4.78 is 5.87. The van der Waals surface area contributed by atoms with Gasteiger partial charge in [-0.1, -0.05) is 31.5 Å². The highest BCUT2D eigenvalue weighted by Crippen LogP contribution is 2.35. The van der Waals surface area contributed by atoms with Gasteiger partial charge in [-0.25, -0.2) is 9.97 Å². The highest BCUT2D eigenvalue weighted by molar-refractivity contribution is 5.89. The fourth-order valence-corrected chi connectivity index (χ4v) is 2.40. The first-order chi connectivity index (χ1) is 10.8. The molecule has 3 rings (SSSR count). The molecule has 0 fully saturated rings. The van der Waals surface area contributed by atoms with Gasteiger partial charge in [0.25, 0.3) is 0 Å². The van der Waals surface area contributed by atoms with E-state index < -0.39 is 0 Å². The summed E-state index contributed by atoms with van der Waals surface area (Å²) in [4.78, 5) is 8.12. The first-order valence-electron chi connectivity index (χ1n) is 7.44. The van der Waals surface area contributed by atoms with Gasteiger partial charge in [0.15, 0.2) is 0 Å². The van der Waals surface area contributed by atoms with Crippen molar-refractivity contribution in [3.63, 3.8) is 0 Å². The van der Waals surface area contributed by atoms with Crippen molar-refractivity contribution in [3.8, 4) is 22.6 Å². The number of hydrogen-bond donors (Lipinski definition) is 1. The quantitative estimate of drug-likeness (QED) is 0.717. The number of para-hydroxylation sites is 1. The summed E-state index contributed by atoms with van der Waals surface area (Å²) in [6.07, 6.45) is 5.25. The topological polar surface area (TPSA) is 55.2 Å². The molecule has 0 spiro atoms. The standard InChI is InChI=1S/C18H18N2O2/c1-2-3-8-22-17-7-5-4-6-15(17)13-9-14-11-19-12-20-18(14)16(21)10-13/h4-7,9-12,21H,2-3,8H2,1H3. The van der Waals surface area contributed by atoms with E-state index in [1.54, 1.807) is 12.3 Å². The van der Waals surface area contributed by atoms with Crippen LogP contribution in [0.3, 0.4) is 0 Å². The zero-order valence-corrected chi connectivity index (χ0v) is 12.5. The van der Waals surface area contributed by atoms with Gasteiger partial charge in [0.2, 0.25) is 0 Å². The molecule has 0 atom stereocenters. The van der Waals surface area contributed by atoms with Crippen molar-refractivity contribution < 1.29 is 9.84 Å². The normalized spacial score (nSPS) is 10.8. The molecule has 0 aliphatic carbocycles. The molecule has 0 amide bonds. The molecule has 3 aromatic rings. The number of unbranched alkanes of at least 4 members (excludes halogenated alkanes) is 1. The van der Waals surface area contributed by atoms with Gasteiger partial charge in [0, 0.05) is 17.1 Å². The molecule has 0 aliphatic rings. The zero-order valence-electron chi connectivity index (χ0n) is 12.5. The maximum Gasteiger partial charge on any atom is 0.142 e. The molecular formula is C18H18N2O2. The van der Waals surface area contributed by atoms with Crippen molar-refractivity contribution in [1.82, 2.24) is 9.97 Å². The van der Waals surface area contributed by atoms with E-state index in [4.69, 9.17) is 4.74 Å². The first kappa shape index (κ1) is 14.3. The Balaban J connectivity index is 2.04. The summed E-state index contributed by atoms with van der Waals surface area (Å²) in [6, 6.07) is 11.5. The van der Waals surface area contributed by atoms with Crippen LogP contribution < -0.4 is 4.74 Å². The summed E-state index contributed by atoms with van der Waals surface area (Å²) in [7, 11) is 0. The Hall–Kier alpha value is -2.62. The van der Waals surface area contributed by atoms with E-state index in [9.17, 15) is 5.11 Å². The number of phenols is 1. The summed E-state index contributed by atoms with van der Waals surface area (Å²) in [5.41, 5.74) is 2.41. The summed E-state index contributed by atoms with van der Waals surface area (Å²) in [5, 5.41) is 11.0. The lowest BCUT2D eigenvalue weighted by atomic mass is 10.0. The molecule has 4 nitrogen and oxygen atoms in total. The second kappa shape index (κ2) is 6.43. The lowest BCUT2D eigenvalue weighted by Crippen LogP contribution is -1.98. The van der Waals surface area contributed by atoms with E-state index in [2.05, 4.69) is 16.9 Å². The molecule has 0 unspecified atom stereocenters. The van der Waals surface area contributed by atoms with Crippen LogP contribution in [0.5, 0.6) is 11.5 Å². The minimum atomic E-state index is 0.151. The van der Waals surface area contributed by atoms with Gasteiger partial charge in [-0.05, 0) is 30.2 Å². The number of aromatic nitrogens is 2. The Kier molecular flexibility index (Phi) is 4.19. The molecule has 2 aromatic carbocycles. The van der Waals surface area contributed by atoms with Crippen molar-refractivity contribution >= 4 is 10.9 Å². The van der Waals surface area contributed by atoms with Gasteiger partial charge in [-0.2, -0.15) is 0 Å². The third-order valence-electron chi connectivity index (χ3n) is 3.54. The number of nitrogens with zero attached hydrogens (tertiary/aromatic N) is 2. The zero-order chi connectivity index (χ0) is 15.4. The Morgan fingerprint density at radius 2 is 2.05 bits per heavy atom. The fraction of sp³-hybridized carbons (Fsp3) is 0.222. The lowest BCUT2D eigenvalue weighted by molar-refractivity contribution is 0.310. The van der Waals surface area contributed by atoms with Crippen molar-refractivity contribution in [2.45, 2.75) is 19.8 Å². The van der Waals surface area contributed by atoms with Gasteiger partial charge in [-0.3, -0.25) is 0 Å². The molecule has 4 heteroatoms. The first-order valence-corrected chi connectivity index (χ1v) is 7.44. The van der Waals surface area contributed by atoms with Crippen LogP contribution in [0.4, 0.5) is 0 Å². The van der Waals surface area contributed by atoms with Crippen LogP contribution in [0.1, 0.15) is 19.8 Å². The number of ether oxygens (including phenoxy) is 1. The van der Waals surface area contributed by atoms with E-state index in [0.29, 0.717) is 12.1 Å². The van der Waals surface area contributed by atoms with E-state index in [-0.39, 0.29) is 5.75 Å². The van der Waals surface area contributed by atoms with E-state index in [0.717, 1.165) is 35.1 Å². The minimum absolute atomic E-state index is 0.151. The molecule has 112 valence electrons. The summed E-state index contributed by atoms with van der Waals surface area (Å²) in [5.74, 6) is 0.977. The highest BCUT2D eigenvalue weighted by atomic mass is 16.5. The Labute approximate surface area is 129 Å². The predicted octanol–water partition coefficient (Wildman–Crippen LogP) is 4.18. The molecule has 1 aromatic heterocycles. The largest absolute Gasteiger partial charge is 0.506 e. The van der Waals surface area contributed by atoms with E-state index in [1.165, 1.54) is 6.33 Å². The molecule has 22 heavy (non-hydrogen) atoms. The Morgan fingerprint density at radius 3 is 2.91 bits per heavy atom. The van der Waals surface area contributed by atoms with Gasteiger partial charge in [0.1, 0.15) is 23.3 Å². The molecule has 0 radical (unpaired) electrons. The average Bonchev–Trinajstić information content (AvgIpc) is 2.55. The molecule has 0 aliphatic heterocycles. The maximum absolute atomic E-state index is 10.2. The van der Waals surface area contributed by atoms with Crippen LogP contribution in [-0.4, -0.2) is 21.7 Å². The fourth-order valence-electron chi connectivity index (χ4n) is 2.40. The Bertz CT molecular complexity index is 787.